The second-order valence-corrected chi connectivity index (χ2v) is 17.9. The quantitative estimate of drug-likeness (QED) is 0.0334. The maximum Gasteiger partial charge on any atom is 0.259 e. The summed E-state index contributed by atoms with van der Waals surface area (Å²) >= 11 is 0. The average molecular weight is 912 g/mol. The van der Waals surface area contributed by atoms with E-state index in [4.69, 9.17) is 32.7 Å². The number of hydrogen-bond acceptors (Lipinski definition) is 13. The Kier molecular flexibility index (Phi) is 14.4. The van der Waals surface area contributed by atoms with Crippen LogP contribution in [-0.4, -0.2) is 87.4 Å². The van der Waals surface area contributed by atoms with Crippen molar-refractivity contribution >= 4 is 31.4 Å². The van der Waals surface area contributed by atoms with Gasteiger partial charge in [-0.2, -0.15) is 5.26 Å². The van der Waals surface area contributed by atoms with E-state index in [-0.39, 0.29) is 43.4 Å². The number of imidazole rings is 1. The highest BCUT2D eigenvalue weighted by atomic mass is 31.2. The summed E-state index contributed by atoms with van der Waals surface area (Å²) in [5, 5.41) is 12.4. The molecule has 0 saturated carbocycles. The number of carbonyl (C=O) groups is 1. The Hall–Kier alpha value is -6.24. The smallest absolute Gasteiger partial charge is 0.259 e. The predicted molar refractivity (Wildman–Crippen MR) is 250 cm³/mol. The predicted octanol–water partition coefficient (Wildman–Crippen LogP) is 9.34. The molecule has 0 spiro atoms. The highest BCUT2D eigenvalue weighted by Crippen LogP contribution is 2.56. The Morgan fingerprint density at radius 3 is 2.14 bits per heavy atom. The van der Waals surface area contributed by atoms with Crippen molar-refractivity contribution in [2.45, 2.75) is 82.3 Å². The molecule has 2 saturated heterocycles. The number of benzene rings is 4. The number of aromatic nitrogens is 4. The van der Waals surface area contributed by atoms with Crippen LogP contribution >= 0.6 is 8.53 Å². The van der Waals surface area contributed by atoms with Crippen molar-refractivity contribution in [3.8, 4) is 17.6 Å². The van der Waals surface area contributed by atoms with Gasteiger partial charge in [-0.1, -0.05) is 72.8 Å². The van der Waals surface area contributed by atoms with Crippen LogP contribution in [0, 0.1) is 11.3 Å². The van der Waals surface area contributed by atoms with Gasteiger partial charge in [0, 0.05) is 40.8 Å². The lowest BCUT2D eigenvalue weighted by Crippen LogP contribution is -2.43. The van der Waals surface area contributed by atoms with Crippen LogP contribution in [0.4, 0.5) is 5.82 Å². The SMILES string of the molecule is COc1ccc(C(OC=CC[C@]23CO[C@@H]([C@H](n4cnc5c(NC(=O)c6ccccc6)ncnc54)O2)[C@@H]3OP(OCCC#N)N(C(C)C)C(C)C)(c2ccccc2)c2ccc(OC)cc2)cc1. The third kappa shape index (κ3) is 9.26. The first-order valence-electron chi connectivity index (χ1n) is 21.9. The summed E-state index contributed by atoms with van der Waals surface area (Å²) in [6.07, 6.45) is 5.15. The molecule has 0 aliphatic carbocycles. The van der Waals surface area contributed by atoms with Crippen molar-refractivity contribution in [1.29, 1.82) is 5.26 Å². The van der Waals surface area contributed by atoms with Crippen LogP contribution in [0.25, 0.3) is 11.2 Å². The molecule has 16 heteroatoms. The lowest BCUT2D eigenvalue weighted by atomic mass is 9.80. The van der Waals surface area contributed by atoms with Crippen molar-refractivity contribution < 1.29 is 37.5 Å². The molecule has 1 N–H and O–H groups in total. The molecule has 15 nitrogen and oxygen atoms in total. The molecule has 2 bridgehead atoms. The molecule has 4 heterocycles. The molecular weight excluding hydrogens is 858 g/mol. The first-order chi connectivity index (χ1) is 32.1. The van der Waals surface area contributed by atoms with E-state index in [0.29, 0.717) is 23.1 Å². The van der Waals surface area contributed by atoms with E-state index in [9.17, 15) is 10.1 Å². The second kappa shape index (κ2) is 20.5. The fourth-order valence-electron chi connectivity index (χ4n) is 8.66. The van der Waals surface area contributed by atoms with Crippen molar-refractivity contribution in [1.82, 2.24) is 24.2 Å². The highest BCUT2D eigenvalue weighted by molar-refractivity contribution is 7.44. The monoisotopic (exact) mass is 911 g/mol. The minimum atomic E-state index is -1.71. The summed E-state index contributed by atoms with van der Waals surface area (Å²) in [7, 11) is 1.58. The molecule has 5 atom stereocenters. The number of nitriles is 1. The molecule has 4 aromatic carbocycles. The Morgan fingerprint density at radius 1 is 0.909 bits per heavy atom. The van der Waals surface area contributed by atoms with Gasteiger partial charge in [-0.25, -0.2) is 19.6 Å². The van der Waals surface area contributed by atoms with Gasteiger partial charge in [0.15, 0.2) is 28.8 Å². The van der Waals surface area contributed by atoms with E-state index in [0.717, 1.165) is 28.2 Å². The maximum absolute atomic E-state index is 13.2. The van der Waals surface area contributed by atoms with Crippen LogP contribution in [0.3, 0.4) is 0 Å². The van der Waals surface area contributed by atoms with Gasteiger partial charge in [0.05, 0.1) is 52.5 Å². The molecule has 2 aliphatic rings. The number of hydrogen-bond donors (Lipinski definition) is 1. The molecule has 8 rings (SSSR count). The van der Waals surface area contributed by atoms with Gasteiger partial charge in [-0.05, 0) is 70.2 Å². The van der Waals surface area contributed by atoms with Gasteiger partial charge in [-0.15, -0.1) is 0 Å². The first kappa shape index (κ1) is 46.3. The summed E-state index contributed by atoms with van der Waals surface area (Å²) in [5.41, 5.74) is 1.81. The van der Waals surface area contributed by atoms with Crippen molar-refractivity contribution in [2.75, 3.05) is 32.8 Å². The van der Waals surface area contributed by atoms with Crippen LogP contribution in [0.2, 0.25) is 0 Å². The standard InChI is InChI=1S/C50H54N7O8P/c1-34(2)57(35(3)4)66(63-30-14-28-51)65-44-43-48(56-33-54-42-45(52-32-53-46(42)56)55-47(58)36-15-9-7-10-16-36)64-49(44,31-61-43)27-13-29-62-50(37-17-11-8-12-18-37,38-19-23-40(59-5)24-20-38)39-21-25-41(60-6)26-22-39/h7-13,15-26,29,32-35,43-44,48H,14,27,30-31H2,1-6H3,(H,52,53,55,58)/t43-,44+,48-,49-,66?/m1/s1. The molecule has 342 valence electrons. The minimum Gasteiger partial charge on any atom is -0.497 e. The van der Waals surface area contributed by atoms with E-state index in [1.807, 2.05) is 91.0 Å². The third-order valence-electron chi connectivity index (χ3n) is 11.7. The number of amides is 1. The van der Waals surface area contributed by atoms with E-state index >= 15 is 0 Å². The summed E-state index contributed by atoms with van der Waals surface area (Å²) in [6, 6.07) is 37.0. The van der Waals surface area contributed by atoms with E-state index in [1.165, 1.54) is 6.33 Å². The fourth-order valence-corrected chi connectivity index (χ4v) is 10.5. The van der Waals surface area contributed by atoms with Crippen LogP contribution in [0.5, 0.6) is 11.5 Å². The number of fused-ring (bicyclic) bond motifs is 3. The summed E-state index contributed by atoms with van der Waals surface area (Å²) in [5.74, 6) is 1.37. The van der Waals surface area contributed by atoms with Gasteiger partial charge in [0.25, 0.3) is 14.4 Å². The van der Waals surface area contributed by atoms with Crippen LogP contribution in [-0.2, 0) is 28.9 Å². The molecule has 66 heavy (non-hydrogen) atoms. The molecule has 2 aliphatic heterocycles. The topological polar surface area (TPSA) is 164 Å². The Labute approximate surface area is 386 Å². The van der Waals surface area contributed by atoms with Crippen LogP contribution < -0.4 is 14.8 Å². The minimum absolute atomic E-state index is 0.0555. The number of ether oxygens (including phenoxy) is 5. The molecular formula is C50H54N7O8P. The molecule has 0 radical (unpaired) electrons. The number of nitrogens with one attached hydrogen (secondary N) is 1. The lowest BCUT2D eigenvalue weighted by Gasteiger charge is -2.38. The Balaban J connectivity index is 1.17. The van der Waals surface area contributed by atoms with Crippen molar-refractivity contribution in [2.24, 2.45) is 0 Å². The van der Waals surface area contributed by atoms with E-state index in [1.54, 1.807) is 55.6 Å². The number of nitrogens with zero attached hydrogens (tertiary/aromatic N) is 6. The van der Waals surface area contributed by atoms with Gasteiger partial charge >= 0.3 is 0 Å². The van der Waals surface area contributed by atoms with Crippen LogP contribution in [0.15, 0.2) is 134 Å². The second-order valence-electron chi connectivity index (χ2n) is 16.5. The molecule has 2 fully saturated rings. The average Bonchev–Trinajstić information content (AvgIpc) is 4.02. The zero-order valence-corrected chi connectivity index (χ0v) is 38.7. The van der Waals surface area contributed by atoms with Gasteiger partial charge in [-0.3, -0.25) is 9.36 Å². The number of anilines is 1. The van der Waals surface area contributed by atoms with Crippen molar-refractivity contribution in [3.63, 3.8) is 0 Å². The van der Waals surface area contributed by atoms with Gasteiger partial charge in [0.2, 0.25) is 0 Å². The normalized spacial score (nSPS) is 19.7. The number of carbonyl (C=O) groups excluding carboxylic acids is 1. The zero-order chi connectivity index (χ0) is 46.3. The number of rotatable bonds is 20. The molecule has 1 unspecified atom stereocenters. The molecule has 6 aromatic rings. The van der Waals surface area contributed by atoms with Gasteiger partial charge < -0.3 is 38.0 Å². The molecule has 1 amide bonds. The summed E-state index contributed by atoms with van der Waals surface area (Å²) in [6.45, 7) is 8.78. The maximum atomic E-state index is 13.2. The van der Waals surface area contributed by atoms with E-state index < -0.39 is 38.2 Å². The highest BCUT2D eigenvalue weighted by Gasteiger charge is 2.64. The third-order valence-corrected chi connectivity index (χ3v) is 13.8. The largest absolute Gasteiger partial charge is 0.497 e. The van der Waals surface area contributed by atoms with Crippen molar-refractivity contribution in [3.05, 3.63) is 156 Å². The summed E-state index contributed by atoms with van der Waals surface area (Å²) in [4.78, 5) is 26.9. The Bertz CT molecular complexity index is 2570. The Morgan fingerprint density at radius 2 is 1.53 bits per heavy atom. The summed E-state index contributed by atoms with van der Waals surface area (Å²) < 4.78 is 49.5. The zero-order valence-electron chi connectivity index (χ0n) is 37.8. The molecule has 2 aromatic heterocycles. The van der Waals surface area contributed by atoms with E-state index in [2.05, 4.69) is 58.7 Å². The van der Waals surface area contributed by atoms with Gasteiger partial charge in [0.1, 0.15) is 35.6 Å². The first-order valence-corrected chi connectivity index (χ1v) is 23.0. The number of methoxy groups -OCH3 is 2. The lowest BCUT2D eigenvalue weighted by molar-refractivity contribution is -0.170. The van der Waals surface area contributed by atoms with Crippen LogP contribution in [0.1, 0.15) is 73.8 Å². The fraction of sp³-hybridized carbons (Fsp3) is 0.340.